The van der Waals surface area contributed by atoms with Crippen molar-refractivity contribution in [3.8, 4) is 0 Å². The lowest BCUT2D eigenvalue weighted by atomic mass is 10.4. The molecule has 0 radical (unpaired) electrons. The molecule has 0 bridgehead atoms. The second kappa shape index (κ2) is 6.75. The van der Waals surface area contributed by atoms with Gasteiger partial charge in [-0.1, -0.05) is 36.4 Å². The molecule has 0 atom stereocenters. The SMILES string of the molecule is CCOS(OCC)(c1ccccc1)c1ccccc1. The Labute approximate surface area is 117 Å². The van der Waals surface area contributed by atoms with Crippen molar-refractivity contribution in [2.75, 3.05) is 13.2 Å². The van der Waals surface area contributed by atoms with Crippen molar-refractivity contribution in [3.05, 3.63) is 60.7 Å². The molecule has 19 heavy (non-hydrogen) atoms. The third-order valence-corrected chi connectivity index (χ3v) is 5.60. The maximum Gasteiger partial charge on any atom is 0.0694 e. The molecular weight excluding hydrogens is 256 g/mol. The van der Waals surface area contributed by atoms with Crippen LogP contribution in [-0.4, -0.2) is 13.2 Å². The molecule has 2 aromatic rings. The van der Waals surface area contributed by atoms with E-state index in [1.54, 1.807) is 0 Å². The fourth-order valence-electron chi connectivity index (χ4n) is 1.97. The Morgan fingerprint density at radius 3 is 1.37 bits per heavy atom. The molecule has 2 nitrogen and oxygen atoms in total. The summed E-state index contributed by atoms with van der Waals surface area (Å²) in [6.07, 6.45) is 0. The summed E-state index contributed by atoms with van der Waals surface area (Å²) in [6.45, 7) is 5.26. The first kappa shape index (κ1) is 14.1. The Morgan fingerprint density at radius 1 is 0.684 bits per heavy atom. The molecule has 0 amide bonds. The molecule has 0 spiro atoms. The Morgan fingerprint density at radius 2 is 1.05 bits per heavy atom. The van der Waals surface area contributed by atoms with Crippen LogP contribution in [-0.2, 0) is 8.37 Å². The highest BCUT2D eigenvalue weighted by molar-refractivity contribution is 8.26. The number of benzene rings is 2. The minimum atomic E-state index is -1.85. The van der Waals surface area contributed by atoms with Gasteiger partial charge < -0.3 is 0 Å². The lowest BCUT2D eigenvalue weighted by molar-refractivity contribution is 0.275. The average molecular weight is 276 g/mol. The first-order valence-corrected chi connectivity index (χ1v) is 8.04. The van der Waals surface area contributed by atoms with Gasteiger partial charge in [0.1, 0.15) is 0 Å². The van der Waals surface area contributed by atoms with Gasteiger partial charge in [0.15, 0.2) is 0 Å². The van der Waals surface area contributed by atoms with Crippen molar-refractivity contribution in [2.24, 2.45) is 0 Å². The summed E-state index contributed by atoms with van der Waals surface area (Å²) in [5, 5.41) is 0. The Bertz CT molecular complexity index is 437. The molecular formula is C16H20O2S. The van der Waals surface area contributed by atoms with Crippen LogP contribution in [0, 0.1) is 0 Å². The lowest BCUT2D eigenvalue weighted by Crippen LogP contribution is -2.10. The van der Waals surface area contributed by atoms with E-state index < -0.39 is 10.6 Å². The summed E-state index contributed by atoms with van der Waals surface area (Å²) in [6, 6.07) is 20.4. The highest BCUT2D eigenvalue weighted by Crippen LogP contribution is 2.63. The predicted octanol–water partition coefficient (Wildman–Crippen LogP) is 4.81. The second-order valence-electron chi connectivity index (χ2n) is 3.94. The van der Waals surface area contributed by atoms with Crippen molar-refractivity contribution >= 4 is 10.6 Å². The van der Waals surface area contributed by atoms with Gasteiger partial charge in [-0.25, -0.2) is 0 Å². The Balaban J connectivity index is 2.54. The van der Waals surface area contributed by atoms with Crippen LogP contribution in [0.4, 0.5) is 0 Å². The zero-order valence-electron chi connectivity index (χ0n) is 11.4. The summed E-state index contributed by atoms with van der Waals surface area (Å²) >= 11 is 0. The highest BCUT2D eigenvalue weighted by atomic mass is 32.3. The summed E-state index contributed by atoms with van der Waals surface area (Å²) < 4.78 is 12.2. The van der Waals surface area contributed by atoms with Gasteiger partial charge in [-0.15, -0.1) is 10.6 Å². The van der Waals surface area contributed by atoms with Crippen molar-refractivity contribution in [1.82, 2.24) is 0 Å². The molecule has 0 saturated heterocycles. The molecule has 0 N–H and O–H groups in total. The standard InChI is InChI=1S/C16H20O2S/c1-3-17-19(18-4-2,15-11-7-5-8-12-15)16-13-9-6-10-14-16/h5-14H,3-4H2,1-2H3. The molecule has 0 aromatic heterocycles. The molecule has 0 aliphatic carbocycles. The highest BCUT2D eigenvalue weighted by Gasteiger charge is 2.25. The van der Waals surface area contributed by atoms with Crippen molar-refractivity contribution in [3.63, 3.8) is 0 Å². The zero-order chi connectivity index (χ0) is 13.6. The van der Waals surface area contributed by atoms with Crippen LogP contribution >= 0.6 is 10.6 Å². The van der Waals surface area contributed by atoms with Gasteiger partial charge in [-0.2, -0.15) is 0 Å². The van der Waals surface area contributed by atoms with E-state index in [1.807, 2.05) is 50.2 Å². The van der Waals surface area contributed by atoms with Gasteiger partial charge >= 0.3 is 0 Å². The van der Waals surface area contributed by atoms with Gasteiger partial charge in [0, 0.05) is 0 Å². The van der Waals surface area contributed by atoms with Crippen LogP contribution in [0.3, 0.4) is 0 Å². The molecule has 2 aromatic carbocycles. The number of rotatable bonds is 6. The maximum atomic E-state index is 6.10. The average Bonchev–Trinajstić information content (AvgIpc) is 2.49. The fourth-order valence-corrected chi connectivity index (χ4v) is 4.55. The van der Waals surface area contributed by atoms with Crippen LogP contribution < -0.4 is 0 Å². The maximum absolute atomic E-state index is 6.10. The third-order valence-electron chi connectivity index (χ3n) is 2.67. The van der Waals surface area contributed by atoms with Crippen LogP contribution in [0.5, 0.6) is 0 Å². The van der Waals surface area contributed by atoms with E-state index in [9.17, 15) is 0 Å². The molecule has 2 rings (SSSR count). The molecule has 0 aliphatic rings. The molecule has 0 fully saturated rings. The van der Waals surface area contributed by atoms with Crippen LogP contribution in [0.2, 0.25) is 0 Å². The monoisotopic (exact) mass is 276 g/mol. The van der Waals surface area contributed by atoms with E-state index in [0.717, 1.165) is 9.79 Å². The normalized spacial score (nSPS) is 12.3. The molecule has 0 aliphatic heterocycles. The van der Waals surface area contributed by atoms with E-state index in [4.69, 9.17) is 8.37 Å². The van der Waals surface area contributed by atoms with Crippen LogP contribution in [0.25, 0.3) is 0 Å². The van der Waals surface area contributed by atoms with Crippen molar-refractivity contribution in [1.29, 1.82) is 0 Å². The minimum absolute atomic E-state index is 0.624. The summed E-state index contributed by atoms with van der Waals surface area (Å²) in [4.78, 5) is 2.20. The van der Waals surface area contributed by atoms with Crippen LogP contribution in [0.1, 0.15) is 13.8 Å². The Hall–Kier alpha value is -1.29. The number of hydrogen-bond acceptors (Lipinski definition) is 2. The third kappa shape index (κ3) is 3.00. The summed E-state index contributed by atoms with van der Waals surface area (Å²) in [7, 11) is -1.85. The largest absolute Gasteiger partial charge is 0.276 e. The summed E-state index contributed by atoms with van der Waals surface area (Å²) in [5.74, 6) is 0. The fraction of sp³-hybridized carbons (Fsp3) is 0.250. The second-order valence-corrected chi connectivity index (χ2v) is 6.36. The molecule has 0 heterocycles. The quantitative estimate of drug-likeness (QED) is 0.753. The van der Waals surface area contributed by atoms with E-state index >= 15 is 0 Å². The van der Waals surface area contributed by atoms with Crippen molar-refractivity contribution < 1.29 is 8.37 Å². The smallest absolute Gasteiger partial charge is 0.0694 e. The van der Waals surface area contributed by atoms with Gasteiger partial charge in [0.05, 0.1) is 23.0 Å². The van der Waals surface area contributed by atoms with E-state index in [0.29, 0.717) is 13.2 Å². The minimum Gasteiger partial charge on any atom is -0.276 e. The van der Waals surface area contributed by atoms with Crippen LogP contribution in [0.15, 0.2) is 70.5 Å². The van der Waals surface area contributed by atoms with E-state index in [1.165, 1.54) is 0 Å². The Kier molecular flexibility index (Phi) is 5.02. The van der Waals surface area contributed by atoms with Gasteiger partial charge in [-0.3, -0.25) is 8.37 Å². The van der Waals surface area contributed by atoms with E-state index in [-0.39, 0.29) is 0 Å². The lowest BCUT2D eigenvalue weighted by Gasteiger charge is -2.43. The number of hydrogen-bond donors (Lipinski definition) is 0. The molecule has 3 heteroatoms. The predicted molar refractivity (Wildman–Crippen MR) is 80.3 cm³/mol. The first-order valence-electron chi connectivity index (χ1n) is 6.55. The molecule has 102 valence electrons. The molecule has 0 saturated carbocycles. The zero-order valence-corrected chi connectivity index (χ0v) is 12.2. The van der Waals surface area contributed by atoms with Gasteiger partial charge in [0.2, 0.25) is 0 Å². The molecule has 0 unspecified atom stereocenters. The first-order chi connectivity index (χ1) is 9.33. The van der Waals surface area contributed by atoms with Gasteiger partial charge in [0.25, 0.3) is 0 Å². The summed E-state index contributed by atoms with van der Waals surface area (Å²) in [5.41, 5.74) is 0. The topological polar surface area (TPSA) is 18.5 Å². The van der Waals surface area contributed by atoms with Crippen molar-refractivity contribution in [2.45, 2.75) is 23.6 Å². The van der Waals surface area contributed by atoms with Gasteiger partial charge in [-0.05, 0) is 38.1 Å². The van der Waals surface area contributed by atoms with E-state index in [2.05, 4.69) is 24.3 Å².